The minimum absolute atomic E-state index is 0.0352. The van der Waals surface area contributed by atoms with Crippen LogP contribution in [0.5, 0.6) is 0 Å². The van der Waals surface area contributed by atoms with Crippen LogP contribution in [0, 0.1) is 0 Å². The molecule has 0 saturated carbocycles. The fourth-order valence-electron chi connectivity index (χ4n) is 3.51. The first-order valence-electron chi connectivity index (χ1n) is 7.59. The van der Waals surface area contributed by atoms with Crippen molar-refractivity contribution in [3.05, 3.63) is 47.6 Å². The molecule has 4 atom stereocenters. The molecule has 0 radical (unpaired) electrons. The third kappa shape index (κ3) is 2.26. The molecule has 0 amide bonds. The summed E-state index contributed by atoms with van der Waals surface area (Å²) in [7, 11) is 0. The summed E-state index contributed by atoms with van der Waals surface area (Å²) in [5.74, 6) is 1.65. The number of nitrogens with two attached hydrogens (primary N) is 1. The van der Waals surface area contributed by atoms with Gasteiger partial charge >= 0.3 is 0 Å². The summed E-state index contributed by atoms with van der Waals surface area (Å²) < 4.78 is 11.4. The van der Waals surface area contributed by atoms with Gasteiger partial charge in [0.1, 0.15) is 0 Å². The van der Waals surface area contributed by atoms with E-state index in [4.69, 9.17) is 15.0 Å². The van der Waals surface area contributed by atoms with Gasteiger partial charge in [-0.1, -0.05) is 35.5 Å². The highest BCUT2D eigenvalue weighted by molar-refractivity contribution is 5.25. The Morgan fingerprint density at radius 3 is 2.76 bits per heavy atom. The fourth-order valence-corrected chi connectivity index (χ4v) is 3.51. The Morgan fingerprint density at radius 1 is 1.24 bits per heavy atom. The fraction of sp³-hybridized carbons (Fsp3) is 0.500. The zero-order chi connectivity index (χ0) is 14.2. The largest absolute Gasteiger partial charge is 0.374 e. The van der Waals surface area contributed by atoms with Crippen LogP contribution in [-0.4, -0.2) is 28.9 Å². The van der Waals surface area contributed by atoms with Gasteiger partial charge in [-0.15, -0.1) is 0 Å². The lowest BCUT2D eigenvalue weighted by Crippen LogP contribution is -2.17. The van der Waals surface area contributed by atoms with E-state index < -0.39 is 0 Å². The maximum absolute atomic E-state index is 5.91. The van der Waals surface area contributed by atoms with Crippen LogP contribution < -0.4 is 5.73 Å². The Labute approximate surface area is 123 Å². The molecular weight excluding hydrogens is 266 g/mol. The number of ether oxygens (including phenoxy) is 1. The SMILES string of the molecule is NCC(c1ccccc1)c1nc(C2CC3CCC2O3)no1. The number of rotatable bonds is 4. The van der Waals surface area contributed by atoms with Crippen molar-refractivity contribution >= 4 is 0 Å². The van der Waals surface area contributed by atoms with Gasteiger partial charge in [0.25, 0.3) is 0 Å². The lowest BCUT2D eigenvalue weighted by Gasteiger charge is -2.14. The lowest BCUT2D eigenvalue weighted by atomic mass is 9.89. The van der Waals surface area contributed by atoms with Crippen LogP contribution in [0.25, 0.3) is 0 Å². The van der Waals surface area contributed by atoms with Crippen molar-refractivity contribution in [3.63, 3.8) is 0 Å². The van der Waals surface area contributed by atoms with Crippen molar-refractivity contribution in [2.24, 2.45) is 5.73 Å². The zero-order valence-corrected chi connectivity index (χ0v) is 11.8. The number of hydrogen-bond donors (Lipinski definition) is 1. The minimum Gasteiger partial charge on any atom is -0.374 e. The highest BCUT2D eigenvalue weighted by atomic mass is 16.5. The Kier molecular flexibility index (Phi) is 3.24. The number of fused-ring (bicyclic) bond motifs is 2. The molecule has 2 aliphatic heterocycles. The molecule has 2 N–H and O–H groups in total. The molecule has 3 heterocycles. The third-order valence-electron chi connectivity index (χ3n) is 4.63. The summed E-state index contributed by atoms with van der Waals surface area (Å²) >= 11 is 0. The van der Waals surface area contributed by atoms with Crippen molar-refractivity contribution in [2.45, 2.75) is 43.3 Å². The Balaban J connectivity index is 1.59. The van der Waals surface area contributed by atoms with Gasteiger partial charge in [-0.25, -0.2) is 0 Å². The quantitative estimate of drug-likeness (QED) is 0.932. The van der Waals surface area contributed by atoms with E-state index in [0.29, 0.717) is 18.5 Å². The van der Waals surface area contributed by atoms with Crippen LogP contribution in [0.2, 0.25) is 0 Å². The van der Waals surface area contributed by atoms with Crippen molar-refractivity contribution in [2.75, 3.05) is 6.54 Å². The summed E-state index contributed by atoms with van der Waals surface area (Å²) in [5.41, 5.74) is 7.02. The predicted octanol–water partition coefficient (Wildman–Crippen LogP) is 2.20. The zero-order valence-electron chi connectivity index (χ0n) is 11.8. The van der Waals surface area contributed by atoms with E-state index in [1.807, 2.05) is 30.3 Å². The molecule has 2 bridgehead atoms. The van der Waals surface area contributed by atoms with Crippen molar-refractivity contribution in [1.29, 1.82) is 0 Å². The van der Waals surface area contributed by atoms with Gasteiger partial charge in [0, 0.05) is 6.54 Å². The molecule has 5 heteroatoms. The van der Waals surface area contributed by atoms with E-state index in [1.165, 1.54) is 6.42 Å². The molecule has 1 aromatic heterocycles. The Morgan fingerprint density at radius 2 is 2.10 bits per heavy atom. The number of benzene rings is 1. The lowest BCUT2D eigenvalue weighted by molar-refractivity contribution is 0.0996. The second-order valence-corrected chi connectivity index (χ2v) is 5.91. The van der Waals surface area contributed by atoms with Crippen LogP contribution in [0.3, 0.4) is 0 Å². The van der Waals surface area contributed by atoms with E-state index >= 15 is 0 Å². The van der Waals surface area contributed by atoms with Gasteiger partial charge in [-0.2, -0.15) is 4.98 Å². The highest BCUT2D eigenvalue weighted by Crippen LogP contribution is 2.43. The predicted molar refractivity (Wildman–Crippen MR) is 76.9 cm³/mol. The van der Waals surface area contributed by atoms with Crippen LogP contribution in [0.4, 0.5) is 0 Å². The van der Waals surface area contributed by atoms with Gasteiger partial charge < -0.3 is 15.0 Å². The van der Waals surface area contributed by atoms with E-state index in [1.54, 1.807) is 0 Å². The molecule has 0 spiro atoms. The van der Waals surface area contributed by atoms with Crippen LogP contribution >= 0.6 is 0 Å². The molecule has 5 nitrogen and oxygen atoms in total. The summed E-state index contributed by atoms with van der Waals surface area (Å²) in [4.78, 5) is 4.62. The van der Waals surface area contributed by atoms with Crippen LogP contribution in [-0.2, 0) is 4.74 Å². The van der Waals surface area contributed by atoms with Gasteiger partial charge in [0.2, 0.25) is 5.89 Å². The number of hydrogen-bond acceptors (Lipinski definition) is 5. The molecule has 110 valence electrons. The number of aromatic nitrogens is 2. The molecule has 4 unspecified atom stereocenters. The van der Waals surface area contributed by atoms with Crippen molar-refractivity contribution in [3.8, 4) is 0 Å². The molecule has 2 saturated heterocycles. The topological polar surface area (TPSA) is 74.2 Å². The van der Waals surface area contributed by atoms with Crippen molar-refractivity contribution < 1.29 is 9.26 Å². The molecule has 21 heavy (non-hydrogen) atoms. The standard InChI is InChI=1S/C16H19N3O2/c17-9-13(10-4-2-1-3-5-10)16-18-15(19-21-16)12-8-11-6-7-14(12)20-11/h1-5,11-14H,6-9,17H2. The van der Waals surface area contributed by atoms with E-state index in [-0.39, 0.29) is 17.9 Å². The van der Waals surface area contributed by atoms with E-state index in [0.717, 1.165) is 24.2 Å². The molecule has 4 rings (SSSR count). The Bertz CT molecular complexity index is 613. The molecule has 2 aliphatic rings. The smallest absolute Gasteiger partial charge is 0.235 e. The summed E-state index contributed by atoms with van der Waals surface area (Å²) in [5, 5.41) is 4.19. The first kappa shape index (κ1) is 13.0. The summed E-state index contributed by atoms with van der Waals surface area (Å²) in [6, 6.07) is 10.1. The molecule has 2 aromatic rings. The monoisotopic (exact) mass is 285 g/mol. The summed E-state index contributed by atoms with van der Waals surface area (Å²) in [6.45, 7) is 0.457. The minimum atomic E-state index is -0.0352. The number of nitrogens with zero attached hydrogens (tertiary/aromatic N) is 2. The van der Waals surface area contributed by atoms with Gasteiger partial charge in [0.15, 0.2) is 5.82 Å². The first-order valence-corrected chi connectivity index (χ1v) is 7.59. The van der Waals surface area contributed by atoms with E-state index in [2.05, 4.69) is 10.1 Å². The first-order chi connectivity index (χ1) is 10.3. The molecule has 1 aromatic carbocycles. The van der Waals surface area contributed by atoms with E-state index in [9.17, 15) is 0 Å². The van der Waals surface area contributed by atoms with Crippen molar-refractivity contribution in [1.82, 2.24) is 10.1 Å². The molecule has 0 aliphatic carbocycles. The maximum atomic E-state index is 5.91. The third-order valence-corrected chi connectivity index (χ3v) is 4.63. The molecular formula is C16H19N3O2. The highest BCUT2D eigenvalue weighted by Gasteiger charge is 2.43. The second-order valence-electron chi connectivity index (χ2n) is 5.91. The summed E-state index contributed by atoms with van der Waals surface area (Å²) in [6.07, 6.45) is 3.96. The van der Waals surface area contributed by atoms with Crippen LogP contribution in [0.1, 0.15) is 48.4 Å². The van der Waals surface area contributed by atoms with Crippen LogP contribution in [0.15, 0.2) is 34.9 Å². The average molecular weight is 285 g/mol. The normalized spacial score (nSPS) is 28.9. The Hall–Kier alpha value is -1.72. The van der Waals surface area contributed by atoms with Gasteiger partial charge in [-0.05, 0) is 24.8 Å². The maximum Gasteiger partial charge on any atom is 0.235 e. The van der Waals surface area contributed by atoms with Gasteiger partial charge in [0.05, 0.1) is 24.0 Å². The molecule has 2 fully saturated rings. The van der Waals surface area contributed by atoms with Gasteiger partial charge in [-0.3, -0.25) is 0 Å². The average Bonchev–Trinajstić information content (AvgIpc) is 3.25. The second kappa shape index (κ2) is 5.24.